The van der Waals surface area contributed by atoms with Crippen molar-refractivity contribution < 1.29 is 4.79 Å². The van der Waals surface area contributed by atoms with Crippen molar-refractivity contribution in [3.8, 4) is 0 Å². The third-order valence-corrected chi connectivity index (χ3v) is 3.25. The van der Waals surface area contributed by atoms with Crippen LogP contribution in [0.2, 0.25) is 0 Å². The van der Waals surface area contributed by atoms with Crippen LogP contribution < -0.4 is 5.32 Å². The van der Waals surface area contributed by atoms with Crippen molar-refractivity contribution in [1.82, 2.24) is 10.2 Å². The Hall–Kier alpha value is -0.570. The highest BCUT2D eigenvalue weighted by Gasteiger charge is 2.19. The number of rotatable bonds is 5. The number of hydrogen-bond donors (Lipinski definition) is 1. The molecule has 0 saturated carbocycles. The first kappa shape index (κ1) is 13.5. The molecule has 3 heteroatoms. The van der Waals surface area contributed by atoms with Crippen molar-refractivity contribution in [3.63, 3.8) is 0 Å². The standard InChI is InChI=1S/C13H26N2O/c1-4-15(13(16)9-11(2)3)10-12-5-7-14-8-6-12/h11-12,14H,4-10H2,1-3H3. The molecule has 0 aromatic rings. The second kappa shape index (κ2) is 6.89. The fourth-order valence-corrected chi connectivity index (χ4v) is 2.26. The molecule has 0 aromatic heterocycles. The van der Waals surface area contributed by atoms with E-state index < -0.39 is 0 Å². The van der Waals surface area contributed by atoms with Crippen molar-refractivity contribution in [1.29, 1.82) is 0 Å². The van der Waals surface area contributed by atoms with Gasteiger partial charge in [0.15, 0.2) is 0 Å². The highest BCUT2D eigenvalue weighted by Crippen LogP contribution is 2.14. The molecule has 1 aliphatic rings. The highest BCUT2D eigenvalue weighted by atomic mass is 16.2. The van der Waals surface area contributed by atoms with E-state index >= 15 is 0 Å². The Morgan fingerprint density at radius 3 is 2.50 bits per heavy atom. The van der Waals surface area contributed by atoms with Crippen molar-refractivity contribution in [2.24, 2.45) is 11.8 Å². The van der Waals surface area contributed by atoms with Crippen LogP contribution in [0.4, 0.5) is 0 Å². The van der Waals surface area contributed by atoms with E-state index in [-0.39, 0.29) is 0 Å². The smallest absolute Gasteiger partial charge is 0.222 e. The van der Waals surface area contributed by atoms with Gasteiger partial charge in [0.05, 0.1) is 0 Å². The summed E-state index contributed by atoms with van der Waals surface area (Å²) >= 11 is 0. The average Bonchev–Trinajstić information content (AvgIpc) is 2.26. The summed E-state index contributed by atoms with van der Waals surface area (Å²) in [7, 11) is 0. The van der Waals surface area contributed by atoms with Crippen LogP contribution >= 0.6 is 0 Å². The van der Waals surface area contributed by atoms with Gasteiger partial charge in [0.25, 0.3) is 0 Å². The van der Waals surface area contributed by atoms with Gasteiger partial charge in [-0.3, -0.25) is 4.79 Å². The first-order chi connectivity index (χ1) is 7.63. The topological polar surface area (TPSA) is 32.3 Å². The van der Waals surface area contributed by atoms with E-state index in [4.69, 9.17) is 0 Å². The van der Waals surface area contributed by atoms with Gasteiger partial charge in [0, 0.05) is 19.5 Å². The molecule has 3 nitrogen and oxygen atoms in total. The van der Waals surface area contributed by atoms with Gasteiger partial charge in [-0.25, -0.2) is 0 Å². The summed E-state index contributed by atoms with van der Waals surface area (Å²) in [6.45, 7) is 10.3. The van der Waals surface area contributed by atoms with Crippen LogP contribution in [0, 0.1) is 11.8 Å². The molecule has 0 atom stereocenters. The number of nitrogens with zero attached hydrogens (tertiary/aromatic N) is 1. The molecular formula is C13H26N2O. The van der Waals surface area contributed by atoms with E-state index in [1.807, 2.05) is 4.90 Å². The number of carbonyl (C=O) groups is 1. The second-order valence-electron chi connectivity index (χ2n) is 5.22. The molecule has 1 aliphatic heterocycles. The molecule has 94 valence electrons. The predicted octanol–water partition coefficient (Wildman–Crippen LogP) is 1.88. The molecule has 0 spiro atoms. The Labute approximate surface area is 99.6 Å². The van der Waals surface area contributed by atoms with Crippen molar-refractivity contribution >= 4 is 5.91 Å². The van der Waals surface area contributed by atoms with E-state index in [1.165, 1.54) is 12.8 Å². The molecule has 0 bridgehead atoms. The van der Waals surface area contributed by atoms with Gasteiger partial charge in [-0.15, -0.1) is 0 Å². The van der Waals surface area contributed by atoms with Gasteiger partial charge in [-0.05, 0) is 44.7 Å². The largest absolute Gasteiger partial charge is 0.343 e. The molecule has 0 aromatic carbocycles. The van der Waals surface area contributed by atoms with Crippen LogP contribution in [-0.4, -0.2) is 37.0 Å². The Morgan fingerprint density at radius 1 is 1.38 bits per heavy atom. The predicted molar refractivity (Wildman–Crippen MR) is 67.3 cm³/mol. The molecule has 0 unspecified atom stereocenters. The molecule has 1 heterocycles. The Balaban J connectivity index is 2.37. The quantitative estimate of drug-likeness (QED) is 0.776. The van der Waals surface area contributed by atoms with Crippen LogP contribution in [0.1, 0.15) is 40.0 Å². The number of hydrogen-bond acceptors (Lipinski definition) is 2. The van der Waals surface area contributed by atoms with E-state index in [9.17, 15) is 4.79 Å². The lowest BCUT2D eigenvalue weighted by Crippen LogP contribution is -2.39. The Kier molecular flexibility index (Phi) is 5.81. The van der Waals surface area contributed by atoms with Crippen molar-refractivity contribution in [2.45, 2.75) is 40.0 Å². The van der Waals surface area contributed by atoms with Crippen LogP contribution in [0.25, 0.3) is 0 Å². The summed E-state index contributed by atoms with van der Waals surface area (Å²) in [5.74, 6) is 1.50. The van der Waals surface area contributed by atoms with E-state index in [0.717, 1.165) is 26.2 Å². The third kappa shape index (κ3) is 4.52. The number of piperidine rings is 1. The van der Waals surface area contributed by atoms with Crippen LogP contribution in [0.5, 0.6) is 0 Å². The van der Waals surface area contributed by atoms with E-state index in [0.29, 0.717) is 24.2 Å². The first-order valence-corrected chi connectivity index (χ1v) is 6.62. The summed E-state index contributed by atoms with van der Waals surface area (Å²) in [5, 5.41) is 3.36. The lowest BCUT2D eigenvalue weighted by atomic mass is 9.97. The molecule has 1 saturated heterocycles. The molecule has 1 fully saturated rings. The van der Waals surface area contributed by atoms with Gasteiger partial charge in [0.1, 0.15) is 0 Å². The van der Waals surface area contributed by atoms with Crippen molar-refractivity contribution in [2.75, 3.05) is 26.2 Å². The summed E-state index contributed by atoms with van der Waals surface area (Å²) in [6.07, 6.45) is 3.12. The Bertz CT molecular complexity index is 210. The zero-order chi connectivity index (χ0) is 12.0. The minimum Gasteiger partial charge on any atom is -0.343 e. The number of carbonyl (C=O) groups excluding carboxylic acids is 1. The number of amides is 1. The third-order valence-electron chi connectivity index (χ3n) is 3.25. The number of nitrogens with one attached hydrogen (secondary N) is 1. The van der Waals surface area contributed by atoms with Crippen LogP contribution in [0.3, 0.4) is 0 Å². The zero-order valence-corrected chi connectivity index (χ0v) is 11.0. The summed E-state index contributed by atoms with van der Waals surface area (Å²) in [4.78, 5) is 14.0. The van der Waals surface area contributed by atoms with Crippen molar-refractivity contribution in [3.05, 3.63) is 0 Å². The maximum absolute atomic E-state index is 12.0. The van der Waals surface area contributed by atoms with E-state index in [2.05, 4.69) is 26.1 Å². The molecule has 1 rings (SSSR count). The minimum atomic E-state index is 0.330. The maximum atomic E-state index is 12.0. The average molecular weight is 226 g/mol. The summed E-state index contributed by atoms with van der Waals surface area (Å²) < 4.78 is 0. The molecule has 0 aliphatic carbocycles. The van der Waals surface area contributed by atoms with Gasteiger partial charge < -0.3 is 10.2 Å². The van der Waals surface area contributed by atoms with Gasteiger partial charge in [-0.2, -0.15) is 0 Å². The normalized spacial score (nSPS) is 17.8. The molecule has 1 amide bonds. The molecular weight excluding hydrogens is 200 g/mol. The molecule has 0 radical (unpaired) electrons. The monoisotopic (exact) mass is 226 g/mol. The van der Waals surface area contributed by atoms with Crippen LogP contribution in [0.15, 0.2) is 0 Å². The second-order valence-corrected chi connectivity index (χ2v) is 5.22. The fourth-order valence-electron chi connectivity index (χ4n) is 2.26. The summed E-state index contributed by atoms with van der Waals surface area (Å²) in [5.41, 5.74) is 0. The molecule has 16 heavy (non-hydrogen) atoms. The van der Waals surface area contributed by atoms with E-state index in [1.54, 1.807) is 0 Å². The SMILES string of the molecule is CCN(CC1CCNCC1)C(=O)CC(C)C. The summed E-state index contributed by atoms with van der Waals surface area (Å²) in [6, 6.07) is 0. The van der Waals surface area contributed by atoms with Crippen LogP contribution in [-0.2, 0) is 4.79 Å². The minimum absolute atomic E-state index is 0.330. The van der Waals surface area contributed by atoms with Gasteiger partial charge >= 0.3 is 0 Å². The maximum Gasteiger partial charge on any atom is 0.222 e. The Morgan fingerprint density at radius 2 is 2.00 bits per heavy atom. The first-order valence-electron chi connectivity index (χ1n) is 6.62. The highest BCUT2D eigenvalue weighted by molar-refractivity contribution is 5.76. The fraction of sp³-hybridized carbons (Fsp3) is 0.923. The lowest BCUT2D eigenvalue weighted by Gasteiger charge is -2.29. The van der Waals surface area contributed by atoms with Gasteiger partial charge in [0.2, 0.25) is 5.91 Å². The van der Waals surface area contributed by atoms with Gasteiger partial charge in [-0.1, -0.05) is 13.8 Å². The lowest BCUT2D eigenvalue weighted by molar-refractivity contribution is -0.132. The zero-order valence-electron chi connectivity index (χ0n) is 11.0. The molecule has 1 N–H and O–H groups in total.